The van der Waals surface area contributed by atoms with Gasteiger partial charge in [0.05, 0.1) is 18.5 Å². The Morgan fingerprint density at radius 3 is 2.67 bits per heavy atom. The molecular weight excluding hydrogens is 364 g/mol. The van der Waals surface area contributed by atoms with Crippen LogP contribution in [0.3, 0.4) is 0 Å². The first-order valence-corrected chi connectivity index (χ1v) is 9.83. The lowest BCUT2D eigenvalue weighted by molar-refractivity contribution is -0.131. The minimum Gasteiger partial charge on any atom is -0.497 e. The number of aromatic nitrogens is 1. The lowest BCUT2D eigenvalue weighted by Crippen LogP contribution is -2.51. The Labute approximate surface area is 162 Å². The summed E-state index contributed by atoms with van der Waals surface area (Å²) in [5, 5.41) is 2.67. The van der Waals surface area contributed by atoms with Crippen LogP contribution in [-0.2, 0) is 17.6 Å². The van der Waals surface area contributed by atoms with Crippen LogP contribution in [0, 0.1) is 0 Å². The molecule has 1 saturated heterocycles. The monoisotopic (exact) mass is 388 g/mol. The van der Waals surface area contributed by atoms with Gasteiger partial charge in [0.15, 0.2) is 0 Å². The first-order chi connectivity index (χ1) is 13.1. The Morgan fingerprint density at radius 1 is 1.22 bits per heavy atom. The van der Waals surface area contributed by atoms with Gasteiger partial charge in [-0.05, 0) is 24.2 Å². The van der Waals surface area contributed by atoms with Gasteiger partial charge in [0.25, 0.3) is 5.91 Å². The van der Waals surface area contributed by atoms with Gasteiger partial charge in [-0.2, -0.15) is 0 Å². The lowest BCUT2D eigenvalue weighted by atomic mass is 10.1. The summed E-state index contributed by atoms with van der Waals surface area (Å²) in [6.07, 6.45) is 1.02. The Balaban J connectivity index is 1.53. The molecule has 3 rings (SSSR count). The quantitative estimate of drug-likeness (QED) is 0.803. The second-order valence-electron chi connectivity index (χ2n) is 6.37. The summed E-state index contributed by atoms with van der Waals surface area (Å²) in [5.41, 5.74) is 6.93. The molecule has 1 aliphatic rings. The van der Waals surface area contributed by atoms with Crippen LogP contribution in [-0.4, -0.2) is 66.4 Å². The van der Waals surface area contributed by atoms with E-state index in [4.69, 9.17) is 10.5 Å². The number of rotatable bonds is 6. The molecule has 0 spiro atoms. The molecule has 1 aliphatic heterocycles. The van der Waals surface area contributed by atoms with E-state index >= 15 is 0 Å². The molecule has 8 heteroatoms. The van der Waals surface area contributed by atoms with Crippen molar-refractivity contribution in [3.8, 4) is 5.75 Å². The third kappa shape index (κ3) is 4.84. The van der Waals surface area contributed by atoms with Crippen LogP contribution >= 0.6 is 11.3 Å². The zero-order valence-electron chi connectivity index (χ0n) is 15.4. The fourth-order valence-electron chi connectivity index (χ4n) is 3.04. The molecule has 1 aromatic carbocycles. The molecule has 0 radical (unpaired) electrons. The van der Waals surface area contributed by atoms with E-state index in [1.54, 1.807) is 17.4 Å². The van der Waals surface area contributed by atoms with Gasteiger partial charge in [0, 0.05) is 38.0 Å². The number of nitrogens with two attached hydrogens (primary N) is 1. The second kappa shape index (κ2) is 8.96. The molecular formula is C19H24N4O3S. The van der Waals surface area contributed by atoms with Gasteiger partial charge in [-0.1, -0.05) is 12.1 Å². The highest BCUT2D eigenvalue weighted by molar-refractivity contribution is 7.09. The van der Waals surface area contributed by atoms with Crippen molar-refractivity contribution in [2.75, 3.05) is 39.8 Å². The SMILES string of the molecule is COc1cccc(CC(=O)N2CCN(C(=O)c3csc(CCN)n3)CC2)c1. The van der Waals surface area contributed by atoms with Crippen LogP contribution in [0.4, 0.5) is 0 Å². The summed E-state index contributed by atoms with van der Waals surface area (Å²) in [7, 11) is 1.61. The van der Waals surface area contributed by atoms with Crippen LogP contribution in [0.1, 0.15) is 21.1 Å². The zero-order chi connectivity index (χ0) is 19.2. The summed E-state index contributed by atoms with van der Waals surface area (Å²) >= 11 is 1.46. The molecule has 144 valence electrons. The summed E-state index contributed by atoms with van der Waals surface area (Å²) in [4.78, 5) is 33.1. The van der Waals surface area contributed by atoms with E-state index in [0.717, 1.165) is 16.3 Å². The van der Waals surface area contributed by atoms with Crippen molar-refractivity contribution in [2.24, 2.45) is 5.73 Å². The minimum atomic E-state index is -0.0746. The summed E-state index contributed by atoms with van der Waals surface area (Å²) in [6.45, 7) is 2.64. The molecule has 0 unspecified atom stereocenters. The topological polar surface area (TPSA) is 88.8 Å². The van der Waals surface area contributed by atoms with Gasteiger partial charge >= 0.3 is 0 Å². The van der Waals surface area contributed by atoms with Crippen LogP contribution in [0.2, 0.25) is 0 Å². The summed E-state index contributed by atoms with van der Waals surface area (Å²) < 4.78 is 5.20. The average Bonchev–Trinajstić information content (AvgIpc) is 3.16. The normalized spacial score (nSPS) is 14.3. The Kier molecular flexibility index (Phi) is 6.41. The maximum Gasteiger partial charge on any atom is 0.273 e. The van der Waals surface area contributed by atoms with Gasteiger partial charge in [-0.15, -0.1) is 11.3 Å². The van der Waals surface area contributed by atoms with Gasteiger partial charge < -0.3 is 20.3 Å². The van der Waals surface area contributed by atoms with E-state index in [2.05, 4.69) is 4.98 Å². The molecule has 1 fully saturated rings. The standard InChI is InChI=1S/C19H24N4O3S/c1-26-15-4-2-3-14(11-15)12-18(24)22-7-9-23(10-8-22)19(25)16-13-27-17(21-16)5-6-20/h2-4,11,13H,5-10,12,20H2,1H3. The fraction of sp³-hybridized carbons (Fsp3) is 0.421. The van der Waals surface area contributed by atoms with Crippen LogP contribution < -0.4 is 10.5 Å². The largest absolute Gasteiger partial charge is 0.497 e. The predicted octanol–water partition coefficient (Wildman–Crippen LogP) is 1.18. The molecule has 0 aliphatic carbocycles. The summed E-state index contributed by atoms with van der Waals surface area (Å²) in [5.74, 6) is 0.733. The number of piperazine rings is 1. The van der Waals surface area contributed by atoms with Crippen LogP contribution in [0.5, 0.6) is 5.75 Å². The van der Waals surface area contributed by atoms with Gasteiger partial charge in [0.2, 0.25) is 5.91 Å². The third-order valence-electron chi connectivity index (χ3n) is 4.54. The first kappa shape index (κ1) is 19.3. The Bertz CT molecular complexity index is 800. The number of thiazole rings is 1. The molecule has 2 amide bonds. The molecule has 0 saturated carbocycles. The van der Waals surface area contributed by atoms with E-state index in [-0.39, 0.29) is 11.8 Å². The van der Waals surface area contributed by atoms with E-state index in [1.165, 1.54) is 11.3 Å². The highest BCUT2D eigenvalue weighted by Crippen LogP contribution is 2.16. The van der Waals surface area contributed by atoms with E-state index in [1.807, 2.05) is 29.2 Å². The summed E-state index contributed by atoms with van der Waals surface area (Å²) in [6, 6.07) is 7.53. The highest BCUT2D eigenvalue weighted by atomic mass is 32.1. The third-order valence-corrected chi connectivity index (χ3v) is 5.45. The first-order valence-electron chi connectivity index (χ1n) is 8.95. The van der Waals surface area contributed by atoms with Crippen molar-refractivity contribution >= 4 is 23.2 Å². The molecule has 0 atom stereocenters. The van der Waals surface area contributed by atoms with Crippen molar-refractivity contribution < 1.29 is 14.3 Å². The number of benzene rings is 1. The van der Waals surface area contributed by atoms with Crippen molar-refractivity contribution in [1.82, 2.24) is 14.8 Å². The lowest BCUT2D eigenvalue weighted by Gasteiger charge is -2.34. The molecule has 27 heavy (non-hydrogen) atoms. The molecule has 7 nitrogen and oxygen atoms in total. The highest BCUT2D eigenvalue weighted by Gasteiger charge is 2.26. The van der Waals surface area contributed by atoms with Crippen LogP contribution in [0.15, 0.2) is 29.6 Å². The number of hydrogen-bond acceptors (Lipinski definition) is 6. The van der Waals surface area contributed by atoms with Gasteiger partial charge in [0.1, 0.15) is 11.4 Å². The Hall–Kier alpha value is -2.45. The number of ether oxygens (including phenoxy) is 1. The number of methoxy groups -OCH3 is 1. The smallest absolute Gasteiger partial charge is 0.273 e. The van der Waals surface area contributed by atoms with E-state index in [9.17, 15) is 9.59 Å². The van der Waals surface area contributed by atoms with Crippen molar-refractivity contribution in [2.45, 2.75) is 12.8 Å². The Morgan fingerprint density at radius 2 is 1.96 bits per heavy atom. The second-order valence-corrected chi connectivity index (χ2v) is 7.31. The number of carbonyl (C=O) groups excluding carboxylic acids is 2. The zero-order valence-corrected chi connectivity index (χ0v) is 16.2. The molecule has 0 bridgehead atoms. The molecule has 2 aromatic rings. The predicted molar refractivity (Wildman–Crippen MR) is 104 cm³/mol. The van der Waals surface area contributed by atoms with E-state index < -0.39 is 0 Å². The van der Waals surface area contributed by atoms with E-state index in [0.29, 0.717) is 51.3 Å². The fourth-order valence-corrected chi connectivity index (χ4v) is 3.83. The molecule has 1 aromatic heterocycles. The van der Waals surface area contributed by atoms with Crippen molar-refractivity contribution in [1.29, 1.82) is 0 Å². The minimum absolute atomic E-state index is 0.0641. The maximum atomic E-state index is 12.6. The number of amides is 2. The van der Waals surface area contributed by atoms with Gasteiger partial charge in [-0.3, -0.25) is 9.59 Å². The van der Waals surface area contributed by atoms with Crippen molar-refractivity contribution in [3.63, 3.8) is 0 Å². The average molecular weight is 388 g/mol. The molecule has 2 heterocycles. The van der Waals surface area contributed by atoms with Crippen molar-refractivity contribution in [3.05, 3.63) is 45.9 Å². The number of hydrogen-bond donors (Lipinski definition) is 1. The van der Waals surface area contributed by atoms with Gasteiger partial charge in [-0.25, -0.2) is 4.98 Å². The molecule has 2 N–H and O–H groups in total. The number of carbonyl (C=O) groups is 2. The maximum absolute atomic E-state index is 12.6. The number of nitrogens with zero attached hydrogens (tertiary/aromatic N) is 3. The van der Waals surface area contributed by atoms with Crippen LogP contribution in [0.25, 0.3) is 0 Å².